The van der Waals surface area contributed by atoms with Gasteiger partial charge in [0, 0.05) is 18.1 Å². The average molecular weight is 261 g/mol. The van der Waals surface area contributed by atoms with Crippen molar-refractivity contribution in [2.45, 2.75) is 13.0 Å². The molecule has 0 saturated heterocycles. The minimum Gasteiger partial charge on any atom is -0.367 e. The molecule has 1 atom stereocenters. The predicted octanol–water partition coefficient (Wildman–Crippen LogP) is 5.04. The van der Waals surface area contributed by atoms with E-state index in [1.807, 2.05) is 0 Å². The van der Waals surface area contributed by atoms with E-state index in [0.717, 1.165) is 0 Å². The third-order valence-electron chi connectivity index (χ3n) is 4.01. The molecular formula is C19H19N. The largest absolute Gasteiger partial charge is 0.367 e. The van der Waals surface area contributed by atoms with Gasteiger partial charge in [-0.1, -0.05) is 66.7 Å². The van der Waals surface area contributed by atoms with Crippen molar-refractivity contribution < 1.29 is 0 Å². The van der Waals surface area contributed by atoms with E-state index >= 15 is 0 Å². The molecule has 0 N–H and O–H groups in total. The molecule has 0 aliphatic carbocycles. The molecule has 0 bridgehead atoms. The molecule has 3 rings (SSSR count). The van der Waals surface area contributed by atoms with Gasteiger partial charge in [-0.15, -0.1) is 0 Å². The van der Waals surface area contributed by atoms with Gasteiger partial charge in [0.15, 0.2) is 0 Å². The highest BCUT2D eigenvalue weighted by Crippen LogP contribution is 2.31. The van der Waals surface area contributed by atoms with Crippen molar-refractivity contribution in [3.05, 3.63) is 78.4 Å². The Kier molecular flexibility index (Phi) is 3.42. The summed E-state index contributed by atoms with van der Waals surface area (Å²) in [6.07, 6.45) is 0. The van der Waals surface area contributed by atoms with E-state index in [1.165, 1.54) is 22.0 Å². The van der Waals surface area contributed by atoms with Crippen LogP contribution < -0.4 is 4.90 Å². The van der Waals surface area contributed by atoms with Crippen molar-refractivity contribution in [2.75, 3.05) is 11.9 Å². The standard InChI is InChI=1S/C19H19N/c1-15(16-9-4-3-5-10-16)20(2)19-14-8-12-17-11-6-7-13-18(17)19/h3-15H,1-2H3/t15-/m0/s1. The van der Waals surface area contributed by atoms with Crippen LogP contribution in [0.15, 0.2) is 72.8 Å². The number of fused-ring (bicyclic) bond motifs is 1. The molecule has 0 unspecified atom stereocenters. The zero-order chi connectivity index (χ0) is 13.9. The van der Waals surface area contributed by atoms with E-state index < -0.39 is 0 Å². The zero-order valence-corrected chi connectivity index (χ0v) is 12.0. The highest BCUT2D eigenvalue weighted by atomic mass is 15.1. The molecule has 0 aliphatic rings. The van der Waals surface area contributed by atoms with Gasteiger partial charge in [-0.25, -0.2) is 0 Å². The highest BCUT2D eigenvalue weighted by Gasteiger charge is 2.13. The summed E-state index contributed by atoms with van der Waals surface area (Å²) in [6.45, 7) is 2.25. The minimum atomic E-state index is 0.349. The van der Waals surface area contributed by atoms with Crippen molar-refractivity contribution in [1.29, 1.82) is 0 Å². The lowest BCUT2D eigenvalue weighted by molar-refractivity contribution is 0.742. The second-order valence-electron chi connectivity index (χ2n) is 5.20. The maximum Gasteiger partial charge on any atom is 0.0511 e. The van der Waals surface area contributed by atoms with Crippen LogP contribution in [0.5, 0.6) is 0 Å². The Hall–Kier alpha value is -2.28. The van der Waals surface area contributed by atoms with Gasteiger partial charge >= 0.3 is 0 Å². The molecule has 0 spiro atoms. The summed E-state index contributed by atoms with van der Waals surface area (Å²) in [4.78, 5) is 2.34. The van der Waals surface area contributed by atoms with Gasteiger partial charge in [-0.2, -0.15) is 0 Å². The molecule has 1 heteroatoms. The third-order valence-corrected chi connectivity index (χ3v) is 4.01. The van der Waals surface area contributed by atoms with Crippen molar-refractivity contribution in [2.24, 2.45) is 0 Å². The smallest absolute Gasteiger partial charge is 0.0511 e. The first-order chi connectivity index (χ1) is 9.77. The van der Waals surface area contributed by atoms with Crippen molar-refractivity contribution in [1.82, 2.24) is 0 Å². The Balaban J connectivity index is 2.03. The van der Waals surface area contributed by atoms with Crippen LogP contribution in [0.3, 0.4) is 0 Å². The Morgan fingerprint density at radius 2 is 1.40 bits per heavy atom. The van der Waals surface area contributed by atoms with E-state index in [2.05, 4.69) is 91.7 Å². The molecule has 0 heterocycles. The van der Waals surface area contributed by atoms with Gasteiger partial charge in [-0.05, 0) is 23.9 Å². The van der Waals surface area contributed by atoms with Crippen LogP contribution in [0.1, 0.15) is 18.5 Å². The molecule has 0 radical (unpaired) electrons. The normalized spacial score (nSPS) is 12.3. The summed E-state index contributed by atoms with van der Waals surface area (Å²) in [6, 6.07) is 26.0. The number of hydrogen-bond acceptors (Lipinski definition) is 1. The second kappa shape index (κ2) is 5.38. The fraction of sp³-hybridized carbons (Fsp3) is 0.158. The molecule has 0 fully saturated rings. The lowest BCUT2D eigenvalue weighted by Crippen LogP contribution is -2.21. The fourth-order valence-corrected chi connectivity index (χ4v) is 2.68. The van der Waals surface area contributed by atoms with Gasteiger partial charge in [0.25, 0.3) is 0 Å². The van der Waals surface area contributed by atoms with E-state index in [4.69, 9.17) is 0 Å². The molecule has 0 aromatic heterocycles. The third kappa shape index (κ3) is 2.27. The maximum absolute atomic E-state index is 2.34. The fourth-order valence-electron chi connectivity index (χ4n) is 2.68. The molecule has 0 amide bonds. The summed E-state index contributed by atoms with van der Waals surface area (Å²) >= 11 is 0. The average Bonchev–Trinajstić information content (AvgIpc) is 2.54. The molecule has 1 nitrogen and oxygen atoms in total. The Bertz CT molecular complexity index is 698. The van der Waals surface area contributed by atoms with Crippen LogP contribution in [0, 0.1) is 0 Å². The topological polar surface area (TPSA) is 3.24 Å². The molecule has 0 saturated carbocycles. The number of rotatable bonds is 3. The Morgan fingerprint density at radius 1 is 0.750 bits per heavy atom. The van der Waals surface area contributed by atoms with Gasteiger partial charge in [0.2, 0.25) is 0 Å². The molecule has 100 valence electrons. The van der Waals surface area contributed by atoms with Crippen LogP contribution in [0.4, 0.5) is 5.69 Å². The minimum absolute atomic E-state index is 0.349. The summed E-state index contributed by atoms with van der Waals surface area (Å²) in [5.41, 5.74) is 2.61. The van der Waals surface area contributed by atoms with Crippen LogP contribution in [-0.4, -0.2) is 7.05 Å². The molecule has 0 aliphatic heterocycles. The van der Waals surface area contributed by atoms with E-state index in [9.17, 15) is 0 Å². The van der Waals surface area contributed by atoms with Crippen LogP contribution in [0.25, 0.3) is 10.8 Å². The summed E-state index contributed by atoms with van der Waals surface area (Å²) in [7, 11) is 2.17. The number of benzene rings is 3. The zero-order valence-electron chi connectivity index (χ0n) is 12.0. The van der Waals surface area contributed by atoms with Crippen molar-refractivity contribution in [3.8, 4) is 0 Å². The first-order valence-corrected chi connectivity index (χ1v) is 7.03. The molecule has 3 aromatic carbocycles. The van der Waals surface area contributed by atoms with Gasteiger partial charge < -0.3 is 4.90 Å². The van der Waals surface area contributed by atoms with Crippen LogP contribution in [-0.2, 0) is 0 Å². The van der Waals surface area contributed by atoms with Gasteiger partial charge in [0.05, 0.1) is 6.04 Å². The van der Waals surface area contributed by atoms with E-state index in [-0.39, 0.29) is 0 Å². The lowest BCUT2D eigenvalue weighted by atomic mass is 10.0. The van der Waals surface area contributed by atoms with Crippen molar-refractivity contribution in [3.63, 3.8) is 0 Å². The maximum atomic E-state index is 2.34. The summed E-state index contributed by atoms with van der Waals surface area (Å²) in [5.74, 6) is 0. The van der Waals surface area contributed by atoms with Crippen LogP contribution in [0.2, 0.25) is 0 Å². The second-order valence-corrected chi connectivity index (χ2v) is 5.20. The summed E-state index contributed by atoms with van der Waals surface area (Å²) in [5, 5.41) is 2.59. The quantitative estimate of drug-likeness (QED) is 0.638. The summed E-state index contributed by atoms with van der Waals surface area (Å²) < 4.78 is 0. The van der Waals surface area contributed by atoms with Gasteiger partial charge in [-0.3, -0.25) is 0 Å². The first kappa shape index (κ1) is 12.7. The molecular weight excluding hydrogens is 242 g/mol. The molecule has 20 heavy (non-hydrogen) atoms. The van der Waals surface area contributed by atoms with Crippen LogP contribution >= 0.6 is 0 Å². The SMILES string of the molecule is C[C@@H](c1ccccc1)N(C)c1cccc2ccccc12. The lowest BCUT2D eigenvalue weighted by Gasteiger charge is -2.28. The van der Waals surface area contributed by atoms with E-state index in [1.54, 1.807) is 0 Å². The Labute approximate surface area is 120 Å². The number of hydrogen-bond donors (Lipinski definition) is 0. The van der Waals surface area contributed by atoms with E-state index in [0.29, 0.717) is 6.04 Å². The predicted molar refractivity (Wildman–Crippen MR) is 87.2 cm³/mol. The van der Waals surface area contributed by atoms with Crippen molar-refractivity contribution >= 4 is 16.5 Å². The molecule has 3 aromatic rings. The monoisotopic (exact) mass is 261 g/mol. The first-order valence-electron chi connectivity index (χ1n) is 7.03. The van der Waals surface area contributed by atoms with Gasteiger partial charge in [0.1, 0.15) is 0 Å². The number of anilines is 1. The Morgan fingerprint density at radius 3 is 2.20 bits per heavy atom. The highest BCUT2D eigenvalue weighted by molar-refractivity contribution is 5.94. The number of nitrogens with zero attached hydrogens (tertiary/aromatic N) is 1.